The molecular formula is C28H40N2O4. The Morgan fingerprint density at radius 1 is 1.35 bits per heavy atom. The lowest BCUT2D eigenvalue weighted by Crippen LogP contribution is -2.13. The van der Waals surface area contributed by atoms with E-state index in [0.717, 1.165) is 68.4 Å². The Morgan fingerprint density at radius 3 is 2.97 bits per heavy atom. The largest absolute Gasteiger partial charge is 0.504 e. The third kappa shape index (κ3) is 7.55. The van der Waals surface area contributed by atoms with Crippen molar-refractivity contribution in [1.82, 2.24) is 5.32 Å². The number of hydrogen-bond donors (Lipinski definition) is 3. The van der Waals surface area contributed by atoms with Gasteiger partial charge in [-0.25, -0.2) is 0 Å². The molecule has 0 spiro atoms. The van der Waals surface area contributed by atoms with Crippen molar-refractivity contribution in [3.63, 3.8) is 0 Å². The summed E-state index contributed by atoms with van der Waals surface area (Å²) in [4.78, 5) is 4.52. The maximum atomic E-state index is 10.2. The van der Waals surface area contributed by atoms with Crippen LogP contribution in [0, 0.1) is 18.1 Å². The number of phenols is 1. The van der Waals surface area contributed by atoms with Crippen molar-refractivity contribution >= 4 is 6.21 Å². The Hall–Kier alpha value is -2.41. The number of aliphatic hydroxyl groups excluding tert-OH is 1. The van der Waals surface area contributed by atoms with E-state index in [9.17, 15) is 10.2 Å². The summed E-state index contributed by atoms with van der Waals surface area (Å²) in [7, 11) is 1.97. The number of phenolic OH excluding ortho intramolecular Hbond substituents is 1. The summed E-state index contributed by atoms with van der Waals surface area (Å²) in [5, 5.41) is 23.1. The minimum Gasteiger partial charge on any atom is -0.504 e. The van der Waals surface area contributed by atoms with Crippen molar-refractivity contribution in [3.05, 3.63) is 59.2 Å². The zero-order chi connectivity index (χ0) is 24.3. The number of hydrogen-bond acceptors (Lipinski definition) is 6. The molecule has 3 N–H and O–H groups in total. The summed E-state index contributed by atoms with van der Waals surface area (Å²) in [5.41, 5.74) is 3.31. The highest BCUT2D eigenvalue weighted by molar-refractivity contribution is 5.83. The molecule has 6 heteroatoms. The molecule has 0 aromatic heterocycles. The van der Waals surface area contributed by atoms with E-state index >= 15 is 0 Å². The first-order valence-corrected chi connectivity index (χ1v) is 12.6. The number of nitrogens with one attached hydrogen (secondary N) is 1. The zero-order valence-electron chi connectivity index (χ0n) is 20.8. The third-order valence-electron chi connectivity index (χ3n) is 6.47. The van der Waals surface area contributed by atoms with Crippen LogP contribution in [0.15, 0.2) is 46.5 Å². The molecule has 1 aromatic carbocycles. The highest BCUT2D eigenvalue weighted by atomic mass is 16.5. The molecule has 0 radical (unpaired) electrons. The fraction of sp³-hybridized carbons (Fsp3) is 0.536. The second-order valence-electron chi connectivity index (χ2n) is 9.18. The molecule has 2 aliphatic rings. The summed E-state index contributed by atoms with van der Waals surface area (Å²) in [6.07, 6.45) is 13.5. The first-order chi connectivity index (χ1) is 16.5. The minimum atomic E-state index is 0.00951. The van der Waals surface area contributed by atoms with Gasteiger partial charge in [0.1, 0.15) is 12.2 Å². The van der Waals surface area contributed by atoms with Crippen LogP contribution in [0.4, 0.5) is 0 Å². The van der Waals surface area contributed by atoms with Crippen LogP contribution in [-0.2, 0) is 11.2 Å². The highest BCUT2D eigenvalue weighted by Crippen LogP contribution is 2.33. The van der Waals surface area contributed by atoms with Gasteiger partial charge in [-0.05, 0) is 57.5 Å². The number of ether oxygens (including phenoxy) is 2. The third-order valence-corrected chi connectivity index (χ3v) is 6.47. The Bertz CT molecular complexity index is 864. The van der Waals surface area contributed by atoms with E-state index in [-0.39, 0.29) is 18.5 Å². The van der Waals surface area contributed by atoms with Crippen molar-refractivity contribution in [2.45, 2.75) is 64.9 Å². The molecule has 186 valence electrons. The van der Waals surface area contributed by atoms with Gasteiger partial charge in [0.15, 0.2) is 23.8 Å². The number of aliphatic imine (C=N–C) groups is 1. The van der Waals surface area contributed by atoms with E-state index in [1.807, 2.05) is 31.5 Å². The summed E-state index contributed by atoms with van der Waals surface area (Å²) in [5.74, 6) is 1.12. The maximum absolute atomic E-state index is 10.2. The summed E-state index contributed by atoms with van der Waals surface area (Å²) >= 11 is 0. The van der Waals surface area contributed by atoms with E-state index in [1.165, 1.54) is 5.57 Å². The van der Waals surface area contributed by atoms with Crippen molar-refractivity contribution in [3.8, 4) is 11.5 Å². The van der Waals surface area contributed by atoms with Crippen molar-refractivity contribution in [2.75, 3.05) is 26.8 Å². The van der Waals surface area contributed by atoms with Crippen LogP contribution in [0.1, 0.15) is 57.9 Å². The molecule has 2 atom stereocenters. The number of nitrogens with zero attached hydrogens (tertiary/aromatic N) is 1. The fourth-order valence-electron chi connectivity index (χ4n) is 4.23. The smallest absolute Gasteiger partial charge is 0.176 e. The minimum absolute atomic E-state index is 0.00951. The van der Waals surface area contributed by atoms with Crippen LogP contribution in [0.3, 0.4) is 0 Å². The summed E-state index contributed by atoms with van der Waals surface area (Å²) < 4.78 is 12.0. The van der Waals surface area contributed by atoms with Crippen molar-refractivity contribution in [2.24, 2.45) is 10.9 Å². The standard InChI is InChI=1S/C28H40N2O4/c1-4-5-6-27-23(19-31)17-25(34-27)9-7-21-8-10-26(32)28(15-21)33-14-12-24-16-22(18-30-24)20(2)11-13-29-3/h8,10,15-18,20,27,29,31-32H,4-7,9,11-14,19H2,1-3H3/t20-,27?/m1/s1. The maximum Gasteiger partial charge on any atom is 0.176 e. The quantitative estimate of drug-likeness (QED) is 0.318. The monoisotopic (exact) mass is 468 g/mol. The molecule has 0 fully saturated rings. The van der Waals surface area contributed by atoms with Gasteiger partial charge in [0.25, 0.3) is 0 Å². The predicted octanol–water partition coefficient (Wildman–Crippen LogP) is 4.92. The van der Waals surface area contributed by atoms with Crippen LogP contribution in [0.2, 0.25) is 0 Å². The molecule has 34 heavy (non-hydrogen) atoms. The van der Waals surface area contributed by atoms with Gasteiger partial charge in [0, 0.05) is 18.6 Å². The molecule has 0 saturated carbocycles. The van der Waals surface area contributed by atoms with Gasteiger partial charge in [-0.2, -0.15) is 11.6 Å². The summed E-state index contributed by atoms with van der Waals surface area (Å²) in [6, 6.07) is 6.52. The highest BCUT2D eigenvalue weighted by Gasteiger charge is 2.25. The number of aromatic hydroxyl groups is 1. The second kappa shape index (κ2) is 13.5. The predicted molar refractivity (Wildman–Crippen MR) is 137 cm³/mol. The molecule has 1 unspecified atom stereocenters. The fourth-order valence-corrected chi connectivity index (χ4v) is 4.23. The van der Waals surface area contributed by atoms with Gasteiger partial charge in [0.05, 0.1) is 12.5 Å². The van der Waals surface area contributed by atoms with E-state index in [0.29, 0.717) is 24.7 Å². The lowest BCUT2D eigenvalue weighted by atomic mass is 9.98. The van der Waals surface area contributed by atoms with Gasteiger partial charge in [-0.1, -0.05) is 38.4 Å². The van der Waals surface area contributed by atoms with Gasteiger partial charge in [-0.15, -0.1) is 4.99 Å². The van der Waals surface area contributed by atoms with Gasteiger partial charge in [0.2, 0.25) is 0 Å². The van der Waals surface area contributed by atoms with Crippen LogP contribution < -0.4 is 10.1 Å². The van der Waals surface area contributed by atoms with Gasteiger partial charge in [-0.3, -0.25) is 0 Å². The average molecular weight is 469 g/mol. The molecule has 3 rings (SSSR count). The Balaban J connectivity index is 1.46. The number of rotatable bonds is 15. The molecule has 2 aliphatic heterocycles. The number of unbranched alkanes of at least 4 members (excludes halogenated alkanes) is 1. The molecular weight excluding hydrogens is 428 g/mol. The molecule has 0 saturated heterocycles. The lowest BCUT2D eigenvalue weighted by Gasteiger charge is -2.24. The zero-order valence-corrected chi connectivity index (χ0v) is 20.8. The first-order valence-electron chi connectivity index (χ1n) is 12.6. The SMILES string of the molecule is CCCCC1O[C-](CCc2ccc(O)c(OCC[C+]3C=C([C@H](C)CCNC)C=N3)c2)C=C1CO. The second-order valence-corrected chi connectivity index (χ2v) is 9.18. The molecule has 6 nitrogen and oxygen atoms in total. The van der Waals surface area contributed by atoms with Crippen LogP contribution in [0.5, 0.6) is 11.5 Å². The van der Waals surface area contributed by atoms with Crippen molar-refractivity contribution < 1.29 is 19.7 Å². The van der Waals surface area contributed by atoms with Crippen LogP contribution in [-0.4, -0.2) is 49.3 Å². The van der Waals surface area contributed by atoms with Crippen molar-refractivity contribution in [1.29, 1.82) is 0 Å². The van der Waals surface area contributed by atoms with E-state index in [4.69, 9.17) is 9.47 Å². The van der Waals surface area contributed by atoms with Gasteiger partial charge >= 0.3 is 0 Å². The Kier molecular flexibility index (Phi) is 10.4. The van der Waals surface area contributed by atoms with E-state index < -0.39 is 0 Å². The first kappa shape index (κ1) is 26.2. The molecule has 0 bridgehead atoms. The molecule has 1 aromatic rings. The topological polar surface area (TPSA) is 83.3 Å². The number of aryl methyl sites for hydroxylation is 1. The summed E-state index contributed by atoms with van der Waals surface area (Å²) in [6.45, 7) is 5.88. The number of aliphatic hydroxyl groups is 1. The molecule has 2 heterocycles. The normalized spacial score (nSPS) is 18.4. The lowest BCUT2D eigenvalue weighted by molar-refractivity contribution is 0.103. The van der Waals surface area contributed by atoms with Gasteiger partial charge < -0.3 is 25.0 Å². The van der Waals surface area contributed by atoms with Crippen LogP contribution in [0.25, 0.3) is 0 Å². The van der Waals surface area contributed by atoms with E-state index in [2.05, 4.69) is 30.2 Å². The van der Waals surface area contributed by atoms with Crippen LogP contribution >= 0.6 is 0 Å². The molecule has 0 amide bonds. The molecule has 0 aliphatic carbocycles. The number of allylic oxidation sites excluding steroid dienone is 1. The number of benzene rings is 1. The average Bonchev–Trinajstić information content (AvgIpc) is 3.48. The Labute approximate surface area is 204 Å². The van der Waals surface area contributed by atoms with E-state index in [1.54, 1.807) is 6.07 Å². The Morgan fingerprint density at radius 2 is 2.21 bits per heavy atom.